The summed E-state index contributed by atoms with van der Waals surface area (Å²) in [5.74, 6) is 0.311. The Bertz CT molecular complexity index is 1100. The van der Waals surface area contributed by atoms with Gasteiger partial charge in [-0.2, -0.15) is 0 Å². The molecule has 172 valence electrons. The summed E-state index contributed by atoms with van der Waals surface area (Å²) in [6.07, 6.45) is -0.429. The number of anilines is 2. The fourth-order valence-corrected chi connectivity index (χ4v) is 4.68. The molecule has 1 aliphatic heterocycles. The minimum absolute atomic E-state index is 0.208. The molecular formula is C20H24N4O7S. The molecule has 1 amide bonds. The van der Waals surface area contributed by atoms with Crippen molar-refractivity contribution in [2.24, 2.45) is 0 Å². The normalized spacial score (nSPS) is 14.1. The molecular weight excluding hydrogens is 440 g/mol. The number of amides is 1. The molecule has 0 bridgehead atoms. The summed E-state index contributed by atoms with van der Waals surface area (Å²) in [5.41, 5.74) is 0.167. The van der Waals surface area contributed by atoms with Crippen molar-refractivity contribution >= 4 is 33.2 Å². The van der Waals surface area contributed by atoms with Crippen LogP contribution in [0.4, 0.5) is 21.9 Å². The van der Waals surface area contributed by atoms with Crippen molar-refractivity contribution in [3.63, 3.8) is 0 Å². The van der Waals surface area contributed by atoms with Gasteiger partial charge in [0.2, 0.25) is 0 Å². The highest BCUT2D eigenvalue weighted by molar-refractivity contribution is 7.93. The summed E-state index contributed by atoms with van der Waals surface area (Å²) >= 11 is 0. The van der Waals surface area contributed by atoms with E-state index in [1.165, 1.54) is 30.2 Å². The van der Waals surface area contributed by atoms with Gasteiger partial charge in [0, 0.05) is 38.3 Å². The number of benzene rings is 2. The van der Waals surface area contributed by atoms with Gasteiger partial charge in [0.25, 0.3) is 15.7 Å². The molecule has 0 spiro atoms. The van der Waals surface area contributed by atoms with Crippen LogP contribution in [-0.2, 0) is 14.8 Å². The number of carbonyl (C=O) groups is 1. The van der Waals surface area contributed by atoms with Crippen LogP contribution in [0, 0.1) is 10.1 Å². The quantitative estimate of drug-likeness (QED) is 0.489. The molecule has 0 atom stereocenters. The number of rotatable bonds is 7. The molecule has 0 saturated carbocycles. The molecule has 1 aliphatic rings. The van der Waals surface area contributed by atoms with Crippen LogP contribution in [0.2, 0.25) is 0 Å². The summed E-state index contributed by atoms with van der Waals surface area (Å²) in [4.78, 5) is 25.7. The highest BCUT2D eigenvalue weighted by atomic mass is 32.2. The zero-order valence-electron chi connectivity index (χ0n) is 17.7. The minimum atomic E-state index is -4.20. The van der Waals surface area contributed by atoms with Crippen LogP contribution >= 0.6 is 0 Å². The van der Waals surface area contributed by atoms with Crippen molar-refractivity contribution in [1.29, 1.82) is 0 Å². The molecule has 0 radical (unpaired) electrons. The predicted molar refractivity (Wildman–Crippen MR) is 118 cm³/mol. The summed E-state index contributed by atoms with van der Waals surface area (Å²) in [6, 6.07) is 10.2. The van der Waals surface area contributed by atoms with Gasteiger partial charge in [-0.15, -0.1) is 0 Å². The Hall–Kier alpha value is -3.54. The number of ether oxygens (including phenoxy) is 2. The minimum Gasteiger partial charge on any atom is -0.495 e. The van der Waals surface area contributed by atoms with Crippen LogP contribution in [0.25, 0.3) is 0 Å². The first-order chi connectivity index (χ1) is 15.3. The predicted octanol–water partition coefficient (Wildman–Crippen LogP) is 2.68. The zero-order chi connectivity index (χ0) is 23.3. The number of sulfonamides is 1. The van der Waals surface area contributed by atoms with Crippen molar-refractivity contribution in [3.05, 3.63) is 52.6 Å². The van der Waals surface area contributed by atoms with Crippen LogP contribution in [0.3, 0.4) is 0 Å². The topological polar surface area (TPSA) is 131 Å². The number of piperazine rings is 1. The Labute approximate surface area is 185 Å². The lowest BCUT2D eigenvalue weighted by Gasteiger charge is -2.36. The Balaban J connectivity index is 1.93. The molecule has 12 heteroatoms. The largest absolute Gasteiger partial charge is 0.495 e. The van der Waals surface area contributed by atoms with Crippen LogP contribution in [0.15, 0.2) is 47.4 Å². The van der Waals surface area contributed by atoms with Gasteiger partial charge in [-0.3, -0.25) is 14.8 Å². The number of nitrogens with zero attached hydrogens (tertiary/aromatic N) is 3. The second kappa shape index (κ2) is 9.73. The van der Waals surface area contributed by atoms with E-state index < -0.39 is 21.0 Å². The number of nitrogens with one attached hydrogen (secondary N) is 1. The molecule has 1 N–H and O–H groups in total. The van der Waals surface area contributed by atoms with E-state index in [1.807, 2.05) is 0 Å². The van der Waals surface area contributed by atoms with Crippen LogP contribution in [0.5, 0.6) is 5.75 Å². The highest BCUT2D eigenvalue weighted by Crippen LogP contribution is 2.33. The van der Waals surface area contributed by atoms with Crippen LogP contribution in [-0.4, -0.2) is 64.2 Å². The number of nitro groups is 1. The Morgan fingerprint density at radius 2 is 1.84 bits per heavy atom. The lowest BCUT2D eigenvalue weighted by molar-refractivity contribution is -0.385. The van der Waals surface area contributed by atoms with E-state index in [0.717, 1.165) is 6.07 Å². The maximum atomic E-state index is 13.3. The average Bonchev–Trinajstić information content (AvgIpc) is 2.79. The third kappa shape index (κ3) is 5.02. The molecule has 1 fully saturated rings. The van der Waals surface area contributed by atoms with E-state index in [0.29, 0.717) is 37.6 Å². The van der Waals surface area contributed by atoms with E-state index >= 15 is 0 Å². The monoisotopic (exact) mass is 464 g/mol. The van der Waals surface area contributed by atoms with E-state index in [2.05, 4.69) is 4.72 Å². The van der Waals surface area contributed by atoms with Gasteiger partial charge in [-0.05, 0) is 25.1 Å². The molecule has 1 heterocycles. The number of hydrogen-bond acceptors (Lipinski definition) is 8. The lowest BCUT2D eigenvalue weighted by Crippen LogP contribution is -2.49. The van der Waals surface area contributed by atoms with Crippen molar-refractivity contribution in [2.45, 2.75) is 11.8 Å². The number of methoxy groups -OCH3 is 1. The molecule has 1 saturated heterocycles. The van der Waals surface area contributed by atoms with Crippen molar-refractivity contribution < 1.29 is 27.6 Å². The van der Waals surface area contributed by atoms with Gasteiger partial charge in [0.1, 0.15) is 10.6 Å². The summed E-state index contributed by atoms with van der Waals surface area (Å²) in [6.45, 7) is 3.32. The third-order valence-electron chi connectivity index (χ3n) is 4.94. The smallest absolute Gasteiger partial charge is 0.409 e. The van der Waals surface area contributed by atoms with Gasteiger partial charge < -0.3 is 19.3 Å². The summed E-state index contributed by atoms with van der Waals surface area (Å²) in [7, 11) is -2.79. The molecule has 0 aliphatic carbocycles. The number of para-hydroxylation sites is 2. The van der Waals surface area contributed by atoms with Crippen LogP contribution < -0.4 is 14.4 Å². The lowest BCUT2D eigenvalue weighted by atomic mass is 10.2. The first-order valence-electron chi connectivity index (χ1n) is 9.87. The summed E-state index contributed by atoms with van der Waals surface area (Å²) in [5, 5.41) is 11.3. The fourth-order valence-electron chi connectivity index (χ4n) is 3.37. The van der Waals surface area contributed by atoms with Crippen molar-refractivity contribution in [2.75, 3.05) is 49.5 Å². The SMILES string of the molecule is CCOC(=O)N1CCN(c2ccc([N+](=O)[O-])cc2S(=O)(=O)Nc2ccccc2OC)CC1. The average molecular weight is 465 g/mol. The Morgan fingerprint density at radius 1 is 1.16 bits per heavy atom. The van der Waals surface area contributed by atoms with Gasteiger partial charge in [0.05, 0.1) is 30.0 Å². The molecule has 32 heavy (non-hydrogen) atoms. The second-order valence-corrected chi connectivity index (χ2v) is 8.54. The van der Waals surface area contributed by atoms with E-state index in [4.69, 9.17) is 9.47 Å². The maximum Gasteiger partial charge on any atom is 0.409 e. The third-order valence-corrected chi connectivity index (χ3v) is 6.34. The Morgan fingerprint density at radius 3 is 2.47 bits per heavy atom. The summed E-state index contributed by atoms with van der Waals surface area (Å²) < 4.78 is 39.2. The van der Waals surface area contributed by atoms with E-state index in [9.17, 15) is 23.3 Å². The zero-order valence-corrected chi connectivity index (χ0v) is 18.5. The fraction of sp³-hybridized carbons (Fsp3) is 0.350. The first-order valence-corrected chi connectivity index (χ1v) is 11.4. The molecule has 3 rings (SSSR count). The Kier molecular flexibility index (Phi) is 7.03. The van der Waals surface area contributed by atoms with Gasteiger partial charge in [0.15, 0.2) is 0 Å². The number of carbonyl (C=O) groups excluding carboxylic acids is 1. The molecule has 2 aromatic carbocycles. The van der Waals surface area contributed by atoms with Crippen LogP contribution in [0.1, 0.15) is 6.92 Å². The van der Waals surface area contributed by atoms with E-state index in [1.54, 1.807) is 30.0 Å². The highest BCUT2D eigenvalue weighted by Gasteiger charge is 2.29. The standard InChI is InChI=1S/C20H24N4O7S/c1-3-31-20(25)23-12-10-22(11-13-23)17-9-8-15(24(26)27)14-19(17)32(28,29)21-16-6-4-5-7-18(16)30-2/h4-9,14,21H,3,10-13H2,1-2H3. The van der Waals surface area contributed by atoms with E-state index in [-0.39, 0.29) is 22.9 Å². The van der Waals surface area contributed by atoms with Gasteiger partial charge in [-0.25, -0.2) is 13.2 Å². The second-order valence-electron chi connectivity index (χ2n) is 6.89. The number of hydrogen-bond donors (Lipinski definition) is 1. The van der Waals surface area contributed by atoms with Crippen molar-refractivity contribution in [3.8, 4) is 5.75 Å². The molecule has 0 unspecified atom stereocenters. The molecule has 0 aromatic heterocycles. The van der Waals surface area contributed by atoms with Gasteiger partial charge in [-0.1, -0.05) is 12.1 Å². The van der Waals surface area contributed by atoms with Gasteiger partial charge >= 0.3 is 6.09 Å². The first kappa shape index (κ1) is 23.1. The molecule has 11 nitrogen and oxygen atoms in total. The number of non-ortho nitro benzene ring substituents is 1. The van der Waals surface area contributed by atoms with Crippen molar-refractivity contribution in [1.82, 2.24) is 4.90 Å². The maximum absolute atomic E-state index is 13.3. The number of nitro benzene ring substituents is 1. The molecule has 2 aromatic rings.